The van der Waals surface area contributed by atoms with Gasteiger partial charge < -0.3 is 4.57 Å². The molecule has 3 rings (SSSR count). The van der Waals surface area contributed by atoms with Crippen molar-refractivity contribution in [1.29, 1.82) is 0 Å². The van der Waals surface area contributed by atoms with Gasteiger partial charge in [-0.3, -0.25) is 9.69 Å². The predicted octanol–water partition coefficient (Wildman–Crippen LogP) is 3.22. The highest BCUT2D eigenvalue weighted by molar-refractivity contribution is 5.65. The minimum Gasteiger partial charge on any atom is -0.318 e. The predicted molar refractivity (Wildman–Crippen MR) is 91.2 cm³/mol. The van der Waals surface area contributed by atoms with Crippen molar-refractivity contribution < 1.29 is 0 Å². The van der Waals surface area contributed by atoms with Crippen LogP contribution < -0.4 is 5.56 Å². The summed E-state index contributed by atoms with van der Waals surface area (Å²) in [6.07, 6.45) is 4.39. The van der Waals surface area contributed by atoms with E-state index in [0.717, 1.165) is 11.1 Å². The molecule has 116 valence electrons. The monoisotopic (exact) mass is 296 g/mol. The molecule has 0 bridgehead atoms. The van der Waals surface area contributed by atoms with Crippen LogP contribution in [-0.2, 0) is 12.6 Å². The SMILES string of the molecule is Cc1cc(-c2cc(C)c(=O)n(C)c2)ccc1C1(N(C)C)CC1. The number of hydrogen-bond acceptors (Lipinski definition) is 2. The molecule has 3 nitrogen and oxygen atoms in total. The Kier molecular flexibility index (Phi) is 3.48. The van der Waals surface area contributed by atoms with E-state index >= 15 is 0 Å². The van der Waals surface area contributed by atoms with Gasteiger partial charge in [-0.15, -0.1) is 0 Å². The van der Waals surface area contributed by atoms with E-state index in [2.05, 4.69) is 44.1 Å². The first-order valence-corrected chi connectivity index (χ1v) is 7.81. The fraction of sp³-hybridized carbons (Fsp3) is 0.421. The number of aromatic nitrogens is 1. The third-order valence-electron chi connectivity index (χ3n) is 5.00. The van der Waals surface area contributed by atoms with Crippen molar-refractivity contribution >= 4 is 0 Å². The van der Waals surface area contributed by atoms with Crippen molar-refractivity contribution in [3.05, 3.63) is 57.5 Å². The van der Waals surface area contributed by atoms with Crippen molar-refractivity contribution in [3.8, 4) is 11.1 Å². The first-order valence-electron chi connectivity index (χ1n) is 7.81. The lowest BCUT2D eigenvalue weighted by Crippen LogP contribution is -2.28. The van der Waals surface area contributed by atoms with Crippen LogP contribution in [0.15, 0.2) is 35.3 Å². The summed E-state index contributed by atoms with van der Waals surface area (Å²) in [5.74, 6) is 0. The smallest absolute Gasteiger partial charge is 0.253 e. The Balaban J connectivity index is 2.05. The van der Waals surface area contributed by atoms with Crippen LogP contribution in [0, 0.1) is 13.8 Å². The standard InChI is InChI=1S/C19H24N2O/c1-13-10-15(16-11-14(2)18(22)21(5)12-16)6-7-17(13)19(8-9-19)20(3)4/h6-7,10-12H,8-9H2,1-5H3. The fourth-order valence-electron chi connectivity index (χ4n) is 3.48. The van der Waals surface area contributed by atoms with E-state index in [0.29, 0.717) is 0 Å². The molecular formula is C19H24N2O. The molecule has 0 atom stereocenters. The Morgan fingerprint density at radius 1 is 1.05 bits per heavy atom. The van der Waals surface area contributed by atoms with E-state index in [-0.39, 0.29) is 11.1 Å². The second kappa shape index (κ2) is 5.10. The Morgan fingerprint density at radius 3 is 2.18 bits per heavy atom. The zero-order valence-corrected chi connectivity index (χ0v) is 14.1. The minimum absolute atomic E-state index is 0.0710. The quantitative estimate of drug-likeness (QED) is 0.869. The Hall–Kier alpha value is -1.87. The van der Waals surface area contributed by atoms with Crippen LogP contribution in [0.5, 0.6) is 0 Å². The van der Waals surface area contributed by atoms with E-state index in [1.807, 2.05) is 26.2 Å². The summed E-state index contributed by atoms with van der Waals surface area (Å²) in [5.41, 5.74) is 6.13. The molecule has 22 heavy (non-hydrogen) atoms. The molecule has 1 aliphatic carbocycles. The molecule has 0 radical (unpaired) electrons. The Labute approximate surface area is 132 Å². The number of rotatable bonds is 3. The number of aryl methyl sites for hydroxylation is 3. The van der Waals surface area contributed by atoms with Crippen molar-refractivity contribution in [2.75, 3.05) is 14.1 Å². The van der Waals surface area contributed by atoms with Gasteiger partial charge in [-0.2, -0.15) is 0 Å². The highest BCUT2D eigenvalue weighted by Gasteiger charge is 2.47. The molecule has 0 unspecified atom stereocenters. The van der Waals surface area contributed by atoms with Crippen molar-refractivity contribution in [2.24, 2.45) is 7.05 Å². The fourth-order valence-corrected chi connectivity index (χ4v) is 3.48. The summed E-state index contributed by atoms with van der Waals surface area (Å²) in [4.78, 5) is 14.2. The summed E-state index contributed by atoms with van der Waals surface area (Å²) in [7, 11) is 6.14. The molecule has 1 heterocycles. The Bertz CT molecular complexity index is 756. The van der Waals surface area contributed by atoms with Gasteiger partial charge in [0, 0.05) is 24.3 Å². The zero-order chi connectivity index (χ0) is 16.1. The molecule has 1 fully saturated rings. The third kappa shape index (κ3) is 2.30. The summed E-state index contributed by atoms with van der Waals surface area (Å²) >= 11 is 0. The zero-order valence-electron chi connectivity index (χ0n) is 14.1. The van der Waals surface area contributed by atoms with E-state index in [9.17, 15) is 4.79 Å². The third-order valence-corrected chi connectivity index (χ3v) is 5.00. The second-order valence-corrected chi connectivity index (χ2v) is 6.78. The molecule has 0 saturated heterocycles. The lowest BCUT2D eigenvalue weighted by atomic mass is 9.94. The number of pyridine rings is 1. The molecule has 0 spiro atoms. The van der Waals surface area contributed by atoms with Gasteiger partial charge in [-0.05, 0) is 69.1 Å². The van der Waals surface area contributed by atoms with E-state index < -0.39 is 0 Å². The lowest BCUT2D eigenvalue weighted by molar-refractivity contribution is 0.275. The summed E-state index contributed by atoms with van der Waals surface area (Å²) in [6.45, 7) is 4.07. The van der Waals surface area contributed by atoms with Crippen molar-refractivity contribution in [2.45, 2.75) is 32.2 Å². The maximum Gasteiger partial charge on any atom is 0.253 e. The van der Waals surface area contributed by atoms with Crippen LogP contribution in [0.25, 0.3) is 11.1 Å². The average molecular weight is 296 g/mol. The second-order valence-electron chi connectivity index (χ2n) is 6.78. The maximum atomic E-state index is 11.8. The van der Waals surface area contributed by atoms with Crippen molar-refractivity contribution in [3.63, 3.8) is 0 Å². The van der Waals surface area contributed by atoms with Crippen LogP contribution in [0.1, 0.15) is 29.5 Å². The highest BCUT2D eigenvalue weighted by atomic mass is 16.1. The first-order chi connectivity index (χ1) is 10.3. The molecule has 2 aromatic rings. The molecule has 0 N–H and O–H groups in total. The summed E-state index contributed by atoms with van der Waals surface area (Å²) in [6, 6.07) is 8.68. The molecular weight excluding hydrogens is 272 g/mol. The Morgan fingerprint density at radius 2 is 1.68 bits per heavy atom. The van der Waals surface area contributed by atoms with Crippen LogP contribution in [0.4, 0.5) is 0 Å². The summed E-state index contributed by atoms with van der Waals surface area (Å²) in [5, 5.41) is 0. The van der Waals surface area contributed by atoms with Gasteiger partial charge in [0.1, 0.15) is 0 Å². The van der Waals surface area contributed by atoms with Gasteiger partial charge in [0.25, 0.3) is 5.56 Å². The molecule has 0 aliphatic heterocycles. The van der Waals surface area contributed by atoms with Gasteiger partial charge in [-0.25, -0.2) is 0 Å². The first kappa shape index (κ1) is 15.0. The van der Waals surface area contributed by atoms with Crippen LogP contribution in [0.2, 0.25) is 0 Å². The van der Waals surface area contributed by atoms with Gasteiger partial charge in [-0.1, -0.05) is 18.2 Å². The largest absolute Gasteiger partial charge is 0.318 e. The van der Waals surface area contributed by atoms with E-state index in [1.54, 1.807) is 4.57 Å². The average Bonchev–Trinajstić information content (AvgIpc) is 3.25. The normalized spacial score (nSPS) is 16.1. The molecule has 1 aromatic heterocycles. The van der Waals surface area contributed by atoms with Gasteiger partial charge in [0.2, 0.25) is 0 Å². The highest BCUT2D eigenvalue weighted by Crippen LogP contribution is 2.51. The molecule has 3 heteroatoms. The van der Waals surface area contributed by atoms with Crippen LogP contribution >= 0.6 is 0 Å². The van der Waals surface area contributed by atoms with Gasteiger partial charge >= 0.3 is 0 Å². The summed E-state index contributed by atoms with van der Waals surface area (Å²) < 4.78 is 1.66. The van der Waals surface area contributed by atoms with Crippen LogP contribution in [-0.4, -0.2) is 23.6 Å². The minimum atomic E-state index is 0.0710. The number of hydrogen-bond donors (Lipinski definition) is 0. The van der Waals surface area contributed by atoms with Gasteiger partial charge in [0.05, 0.1) is 0 Å². The van der Waals surface area contributed by atoms with Gasteiger partial charge in [0.15, 0.2) is 0 Å². The number of benzene rings is 1. The van der Waals surface area contributed by atoms with E-state index in [4.69, 9.17) is 0 Å². The molecule has 1 aliphatic rings. The number of nitrogens with zero attached hydrogens (tertiary/aromatic N) is 2. The molecule has 0 amide bonds. The lowest BCUT2D eigenvalue weighted by Gasteiger charge is -2.26. The molecule has 1 aromatic carbocycles. The van der Waals surface area contributed by atoms with Crippen molar-refractivity contribution in [1.82, 2.24) is 9.47 Å². The topological polar surface area (TPSA) is 25.2 Å². The molecule has 1 saturated carbocycles. The van der Waals surface area contributed by atoms with Crippen LogP contribution in [0.3, 0.4) is 0 Å². The maximum absolute atomic E-state index is 11.8. The van der Waals surface area contributed by atoms with E-state index in [1.165, 1.54) is 29.5 Å².